The van der Waals surface area contributed by atoms with E-state index in [1.54, 1.807) is 0 Å². The molecular weight excluding hydrogens is 502 g/mol. The van der Waals surface area contributed by atoms with Gasteiger partial charge in [0.05, 0.1) is 28.7 Å². The number of hydrogen-bond donors (Lipinski definition) is 1. The summed E-state index contributed by atoms with van der Waals surface area (Å²) in [4.78, 5) is 27.7. The summed E-state index contributed by atoms with van der Waals surface area (Å²) in [5, 5.41) is 2.61. The number of ether oxygens (including phenoxy) is 1. The van der Waals surface area contributed by atoms with Gasteiger partial charge in [0, 0.05) is 20.6 Å². The largest absolute Gasteiger partial charge is 0.435 e. The van der Waals surface area contributed by atoms with Crippen LogP contribution in [-0.4, -0.2) is 35.9 Å². The van der Waals surface area contributed by atoms with Crippen molar-refractivity contribution in [1.82, 2.24) is 10.2 Å². The second-order valence-corrected chi connectivity index (χ2v) is 10.2. The number of hydrogen-bond acceptors (Lipinski definition) is 4. The zero-order valence-electron chi connectivity index (χ0n) is 20.8. The van der Waals surface area contributed by atoms with Crippen LogP contribution < -0.4 is 5.32 Å². The minimum Gasteiger partial charge on any atom is -0.435 e. The molecule has 5 nitrogen and oxygen atoms in total. The molecule has 0 bridgehead atoms. The Balaban J connectivity index is 0.00000507. The van der Waals surface area contributed by atoms with Crippen LogP contribution in [0.5, 0.6) is 0 Å². The van der Waals surface area contributed by atoms with Crippen molar-refractivity contribution in [3.05, 3.63) is 47.7 Å². The van der Waals surface area contributed by atoms with Gasteiger partial charge in [0.2, 0.25) is 5.91 Å². The number of piperidine rings is 1. The summed E-state index contributed by atoms with van der Waals surface area (Å²) >= 11 is 0. The maximum Gasteiger partial charge on any atom is 0.416 e. The minimum atomic E-state index is -4.96. The first-order chi connectivity index (χ1) is 17.2. The summed E-state index contributed by atoms with van der Waals surface area (Å²) in [7, 11) is 0. The van der Waals surface area contributed by atoms with Crippen molar-refractivity contribution in [2.24, 2.45) is 17.3 Å². The molecular formula is C26H34F6N2O3. The number of carbonyl (C=O) groups is 2. The highest BCUT2D eigenvalue weighted by atomic mass is 19.4. The van der Waals surface area contributed by atoms with Crippen molar-refractivity contribution in [2.75, 3.05) is 13.1 Å². The maximum atomic E-state index is 13.4. The van der Waals surface area contributed by atoms with E-state index >= 15 is 0 Å². The number of amides is 1. The fraction of sp³-hybridized carbons (Fsp3) is 0.615. The molecule has 1 amide bonds. The van der Waals surface area contributed by atoms with Gasteiger partial charge < -0.3 is 10.1 Å². The van der Waals surface area contributed by atoms with E-state index in [0.29, 0.717) is 44.4 Å². The molecule has 2 fully saturated rings. The van der Waals surface area contributed by atoms with Crippen LogP contribution in [0.15, 0.2) is 31.0 Å². The number of carbonyl (C=O) groups excluding carboxylic acids is 2. The van der Waals surface area contributed by atoms with Gasteiger partial charge in [-0.1, -0.05) is 20.4 Å². The average Bonchev–Trinajstić information content (AvgIpc) is 3.29. The highest BCUT2D eigenvalue weighted by Crippen LogP contribution is 2.47. The predicted octanol–water partition coefficient (Wildman–Crippen LogP) is 6.18. The Hall–Kier alpha value is -2.56. The Morgan fingerprint density at radius 1 is 1.16 bits per heavy atom. The van der Waals surface area contributed by atoms with Crippen LogP contribution in [0.4, 0.5) is 26.3 Å². The first kappa shape index (κ1) is 29.0. The van der Waals surface area contributed by atoms with E-state index in [4.69, 9.17) is 4.74 Å². The summed E-state index contributed by atoms with van der Waals surface area (Å²) in [6.45, 7) is 7.99. The summed E-state index contributed by atoms with van der Waals surface area (Å²) < 4.78 is 84.1. The first-order valence-electron chi connectivity index (χ1n) is 12.3. The standard InChI is InChI=1S/C26H32F6N2O3.H2/c1-4-37-22(35)18-6-5-9-34(15-18)21-7-8-24(13-21,16(2)3)23(36)33-14-17-10-19(25(27,28)29)12-20(11-17)26(30,31)32;/h4,10-12,16,18,21H,1,5-9,13-15H2,2-3H3,(H,33,36);1H. The van der Waals surface area contributed by atoms with E-state index in [9.17, 15) is 35.9 Å². The monoisotopic (exact) mass is 536 g/mol. The van der Waals surface area contributed by atoms with E-state index in [-0.39, 0.29) is 36.9 Å². The van der Waals surface area contributed by atoms with Crippen LogP contribution in [-0.2, 0) is 33.2 Å². The Kier molecular flexibility index (Phi) is 8.66. The van der Waals surface area contributed by atoms with Crippen molar-refractivity contribution in [3.8, 4) is 0 Å². The Bertz CT molecular complexity index is 981. The van der Waals surface area contributed by atoms with Crippen molar-refractivity contribution in [1.29, 1.82) is 0 Å². The molecule has 11 heteroatoms. The molecule has 0 radical (unpaired) electrons. The second-order valence-electron chi connectivity index (χ2n) is 10.2. The molecule has 208 valence electrons. The number of benzene rings is 1. The van der Waals surface area contributed by atoms with Gasteiger partial charge in [-0.05, 0) is 68.3 Å². The van der Waals surface area contributed by atoms with Crippen molar-refractivity contribution in [3.63, 3.8) is 0 Å². The smallest absolute Gasteiger partial charge is 0.416 e. The molecule has 1 aromatic carbocycles. The quantitative estimate of drug-likeness (QED) is 0.257. The third-order valence-corrected chi connectivity index (χ3v) is 7.68. The van der Waals surface area contributed by atoms with Gasteiger partial charge in [-0.25, -0.2) is 0 Å². The Morgan fingerprint density at radius 3 is 2.32 bits per heavy atom. The second kappa shape index (κ2) is 11.0. The lowest BCUT2D eigenvalue weighted by atomic mass is 9.74. The number of nitrogens with zero attached hydrogens (tertiary/aromatic N) is 1. The van der Waals surface area contributed by atoms with E-state index < -0.39 is 41.3 Å². The molecule has 3 unspecified atom stereocenters. The highest BCUT2D eigenvalue weighted by Gasteiger charge is 2.49. The molecule has 2 aliphatic rings. The summed E-state index contributed by atoms with van der Waals surface area (Å²) in [5.41, 5.74) is -3.93. The number of likely N-dealkylation sites (tertiary alicyclic amines) is 1. The van der Waals surface area contributed by atoms with E-state index in [1.165, 1.54) is 0 Å². The van der Waals surface area contributed by atoms with Crippen LogP contribution in [0.25, 0.3) is 0 Å². The van der Waals surface area contributed by atoms with Crippen molar-refractivity contribution >= 4 is 11.9 Å². The van der Waals surface area contributed by atoms with Gasteiger partial charge in [-0.2, -0.15) is 26.3 Å². The van der Waals surface area contributed by atoms with Crippen molar-refractivity contribution in [2.45, 2.75) is 70.9 Å². The van der Waals surface area contributed by atoms with E-state index in [0.717, 1.165) is 19.2 Å². The van der Waals surface area contributed by atoms with Crippen LogP contribution in [0.1, 0.15) is 64.1 Å². The minimum absolute atomic E-state index is 0. The first-order valence-corrected chi connectivity index (χ1v) is 12.3. The normalized spacial score (nSPS) is 25.2. The molecule has 3 atom stereocenters. The third kappa shape index (κ3) is 6.66. The van der Waals surface area contributed by atoms with E-state index in [2.05, 4.69) is 16.8 Å². The number of esters is 1. The van der Waals surface area contributed by atoms with Gasteiger partial charge in [0.1, 0.15) is 0 Å². The lowest BCUT2D eigenvalue weighted by Crippen LogP contribution is -2.47. The van der Waals surface area contributed by atoms with Gasteiger partial charge in [0.25, 0.3) is 0 Å². The van der Waals surface area contributed by atoms with E-state index in [1.807, 2.05) is 13.8 Å². The van der Waals surface area contributed by atoms with Gasteiger partial charge in [-0.3, -0.25) is 14.5 Å². The molecule has 1 heterocycles. The summed E-state index contributed by atoms with van der Waals surface area (Å²) in [6.07, 6.45) is -5.62. The third-order valence-electron chi connectivity index (χ3n) is 7.68. The zero-order chi connectivity index (χ0) is 27.6. The van der Waals surface area contributed by atoms with Crippen LogP contribution in [0, 0.1) is 17.3 Å². The highest BCUT2D eigenvalue weighted by molar-refractivity contribution is 5.83. The number of rotatable bonds is 7. The average molecular weight is 537 g/mol. The summed E-state index contributed by atoms with van der Waals surface area (Å²) in [6, 6.07) is 1.35. The fourth-order valence-electron chi connectivity index (χ4n) is 5.54. The molecule has 1 saturated carbocycles. The SMILES string of the molecule is C=COC(=O)C1CCCN(C2CCC(C(=O)NCc3cc(C(F)(F)F)cc(C(F)(F)F)c3)(C(C)C)C2)C1.[HH]. The van der Waals surface area contributed by atoms with Crippen molar-refractivity contribution < 1.29 is 42.1 Å². The predicted molar refractivity (Wildman–Crippen MR) is 126 cm³/mol. The molecule has 0 spiro atoms. The van der Waals surface area contributed by atoms with Crippen LogP contribution in [0.3, 0.4) is 0 Å². The Labute approximate surface area is 213 Å². The van der Waals surface area contributed by atoms with Crippen LogP contribution in [0.2, 0.25) is 0 Å². The molecule has 0 aromatic heterocycles. The number of alkyl halides is 6. The van der Waals surface area contributed by atoms with Gasteiger partial charge >= 0.3 is 18.3 Å². The Morgan fingerprint density at radius 2 is 1.78 bits per heavy atom. The maximum absolute atomic E-state index is 13.4. The molecule has 1 saturated heterocycles. The lowest BCUT2D eigenvalue weighted by molar-refractivity contribution is -0.145. The molecule has 1 aliphatic carbocycles. The molecule has 37 heavy (non-hydrogen) atoms. The molecule has 1 aromatic rings. The van der Waals surface area contributed by atoms with Gasteiger partial charge in [0.15, 0.2) is 0 Å². The van der Waals surface area contributed by atoms with Gasteiger partial charge in [-0.15, -0.1) is 0 Å². The fourth-order valence-corrected chi connectivity index (χ4v) is 5.54. The molecule has 1 aliphatic heterocycles. The molecule has 3 rings (SSSR count). The lowest BCUT2D eigenvalue weighted by Gasteiger charge is -2.38. The number of nitrogens with one attached hydrogen (secondary N) is 1. The number of halogens is 6. The molecule has 1 N–H and O–H groups in total. The van der Waals surface area contributed by atoms with Crippen LogP contribution >= 0.6 is 0 Å². The topological polar surface area (TPSA) is 58.6 Å². The summed E-state index contributed by atoms with van der Waals surface area (Å²) in [5.74, 6) is -1.14. The zero-order valence-corrected chi connectivity index (χ0v) is 20.8.